The molecule has 0 aromatic heterocycles. The molecular formula is C13H24N2O5. The van der Waals surface area contributed by atoms with Crippen LogP contribution in [-0.4, -0.2) is 56.6 Å². The van der Waals surface area contributed by atoms with Gasteiger partial charge in [0, 0.05) is 26.8 Å². The molecule has 3 N–H and O–H groups in total. The van der Waals surface area contributed by atoms with Gasteiger partial charge in [-0.1, -0.05) is 12.8 Å². The molecule has 1 rings (SSSR count). The van der Waals surface area contributed by atoms with Crippen LogP contribution in [-0.2, 0) is 14.3 Å². The molecule has 0 aromatic carbocycles. The second-order valence-corrected chi connectivity index (χ2v) is 5.00. The van der Waals surface area contributed by atoms with Crippen LogP contribution < -0.4 is 10.6 Å². The highest BCUT2D eigenvalue weighted by molar-refractivity contribution is 5.76. The average Bonchev–Trinajstić information content (AvgIpc) is 2.43. The normalized spacial score (nSPS) is 23.9. The summed E-state index contributed by atoms with van der Waals surface area (Å²) in [6.07, 6.45) is 2.95. The van der Waals surface area contributed by atoms with Crippen LogP contribution in [0.25, 0.3) is 0 Å². The molecule has 1 saturated carbocycles. The molecular weight excluding hydrogens is 264 g/mol. The molecule has 1 fully saturated rings. The molecule has 0 heterocycles. The first-order valence-corrected chi connectivity index (χ1v) is 6.87. The van der Waals surface area contributed by atoms with Crippen LogP contribution in [0.15, 0.2) is 0 Å². The summed E-state index contributed by atoms with van der Waals surface area (Å²) in [7, 11) is 3.11. The van der Waals surface area contributed by atoms with E-state index >= 15 is 0 Å². The standard InChI is InChI=1S/C13H24N2O5/c1-19-8-9(20-2)7-14-13(18)15-11-6-4-3-5-10(11)12(16)17/h9-11H,3-8H2,1-2H3,(H,16,17)(H2,14,15,18). The van der Waals surface area contributed by atoms with Crippen LogP contribution in [0.5, 0.6) is 0 Å². The zero-order chi connectivity index (χ0) is 15.0. The Morgan fingerprint density at radius 2 is 2.00 bits per heavy atom. The maximum absolute atomic E-state index is 11.8. The van der Waals surface area contributed by atoms with E-state index in [1.54, 1.807) is 14.2 Å². The summed E-state index contributed by atoms with van der Waals surface area (Å²) >= 11 is 0. The second kappa shape index (κ2) is 8.76. The van der Waals surface area contributed by atoms with Gasteiger partial charge in [-0.25, -0.2) is 4.79 Å². The van der Waals surface area contributed by atoms with Crippen LogP contribution in [0.2, 0.25) is 0 Å². The van der Waals surface area contributed by atoms with E-state index in [1.165, 1.54) is 0 Å². The highest BCUT2D eigenvalue weighted by atomic mass is 16.5. The molecule has 2 amide bonds. The summed E-state index contributed by atoms with van der Waals surface area (Å²) < 4.78 is 10.1. The van der Waals surface area contributed by atoms with E-state index in [0.717, 1.165) is 12.8 Å². The van der Waals surface area contributed by atoms with Crippen molar-refractivity contribution >= 4 is 12.0 Å². The fraction of sp³-hybridized carbons (Fsp3) is 0.846. The Labute approximate surface area is 119 Å². The summed E-state index contributed by atoms with van der Waals surface area (Å²) in [5.41, 5.74) is 0. The van der Waals surface area contributed by atoms with Gasteiger partial charge in [0.25, 0.3) is 0 Å². The molecule has 0 bridgehead atoms. The van der Waals surface area contributed by atoms with Gasteiger partial charge < -0.3 is 25.2 Å². The Kier molecular flexibility index (Phi) is 7.32. The van der Waals surface area contributed by atoms with Gasteiger partial charge in [-0.2, -0.15) is 0 Å². The molecule has 7 heteroatoms. The molecule has 0 spiro atoms. The maximum atomic E-state index is 11.8. The average molecular weight is 288 g/mol. The molecule has 116 valence electrons. The van der Waals surface area contributed by atoms with Gasteiger partial charge in [0.2, 0.25) is 0 Å². The highest BCUT2D eigenvalue weighted by Gasteiger charge is 2.31. The monoisotopic (exact) mass is 288 g/mol. The highest BCUT2D eigenvalue weighted by Crippen LogP contribution is 2.24. The lowest BCUT2D eigenvalue weighted by Gasteiger charge is -2.29. The van der Waals surface area contributed by atoms with Crippen LogP contribution in [0.1, 0.15) is 25.7 Å². The number of amides is 2. The van der Waals surface area contributed by atoms with E-state index in [9.17, 15) is 9.59 Å². The Morgan fingerprint density at radius 1 is 1.30 bits per heavy atom. The minimum absolute atomic E-state index is 0.215. The molecule has 0 saturated heterocycles. The van der Waals surface area contributed by atoms with Gasteiger partial charge in [-0.15, -0.1) is 0 Å². The number of carboxylic acid groups (broad SMARTS) is 1. The molecule has 0 aromatic rings. The van der Waals surface area contributed by atoms with Gasteiger partial charge in [0.05, 0.1) is 18.6 Å². The second-order valence-electron chi connectivity index (χ2n) is 5.00. The van der Waals surface area contributed by atoms with Crippen LogP contribution in [0.4, 0.5) is 4.79 Å². The van der Waals surface area contributed by atoms with Crippen molar-refractivity contribution in [1.82, 2.24) is 10.6 Å². The lowest BCUT2D eigenvalue weighted by atomic mass is 9.84. The zero-order valence-corrected chi connectivity index (χ0v) is 12.1. The lowest BCUT2D eigenvalue weighted by Crippen LogP contribution is -2.50. The van der Waals surface area contributed by atoms with Crippen molar-refractivity contribution in [2.24, 2.45) is 5.92 Å². The number of carbonyl (C=O) groups is 2. The van der Waals surface area contributed by atoms with E-state index in [4.69, 9.17) is 14.6 Å². The zero-order valence-electron chi connectivity index (χ0n) is 12.1. The van der Waals surface area contributed by atoms with Crippen molar-refractivity contribution in [2.45, 2.75) is 37.8 Å². The number of carbonyl (C=O) groups excluding carboxylic acids is 1. The van der Waals surface area contributed by atoms with Crippen LogP contribution in [0.3, 0.4) is 0 Å². The summed E-state index contributed by atoms with van der Waals surface area (Å²) in [6, 6.07) is -0.661. The SMILES string of the molecule is COCC(CNC(=O)NC1CCCCC1C(=O)O)OC. The number of nitrogens with one attached hydrogen (secondary N) is 2. The number of rotatable bonds is 7. The van der Waals surface area contributed by atoms with Crippen molar-refractivity contribution in [2.75, 3.05) is 27.4 Å². The molecule has 0 aliphatic heterocycles. The van der Waals surface area contributed by atoms with Gasteiger partial charge in [-0.3, -0.25) is 4.79 Å². The van der Waals surface area contributed by atoms with Gasteiger partial charge in [0.1, 0.15) is 0 Å². The first kappa shape index (κ1) is 16.7. The predicted molar refractivity (Wildman–Crippen MR) is 72.6 cm³/mol. The first-order chi connectivity index (χ1) is 9.58. The van der Waals surface area contributed by atoms with E-state index < -0.39 is 11.9 Å². The van der Waals surface area contributed by atoms with Crippen molar-refractivity contribution in [3.05, 3.63) is 0 Å². The van der Waals surface area contributed by atoms with Gasteiger partial charge in [0.15, 0.2) is 0 Å². The number of hydrogen-bond acceptors (Lipinski definition) is 4. The molecule has 20 heavy (non-hydrogen) atoms. The third-order valence-electron chi connectivity index (χ3n) is 3.58. The van der Waals surface area contributed by atoms with E-state index in [1.807, 2.05) is 0 Å². The summed E-state index contributed by atoms with van der Waals surface area (Å²) in [4.78, 5) is 22.9. The quantitative estimate of drug-likeness (QED) is 0.637. The summed E-state index contributed by atoms with van der Waals surface area (Å²) in [5, 5.41) is 14.6. The van der Waals surface area contributed by atoms with E-state index in [-0.39, 0.29) is 18.2 Å². The number of methoxy groups -OCH3 is 2. The number of hydrogen-bond donors (Lipinski definition) is 3. The Hall–Kier alpha value is -1.34. The number of ether oxygens (including phenoxy) is 2. The summed E-state index contributed by atoms with van der Waals surface area (Å²) in [5.74, 6) is -1.34. The smallest absolute Gasteiger partial charge is 0.315 e. The van der Waals surface area contributed by atoms with E-state index in [0.29, 0.717) is 26.0 Å². The Morgan fingerprint density at radius 3 is 2.60 bits per heavy atom. The van der Waals surface area contributed by atoms with E-state index in [2.05, 4.69) is 10.6 Å². The molecule has 1 aliphatic rings. The molecule has 3 atom stereocenters. The van der Waals surface area contributed by atoms with Gasteiger partial charge >= 0.3 is 12.0 Å². The minimum atomic E-state index is -0.843. The van der Waals surface area contributed by atoms with Crippen molar-refractivity contribution in [3.8, 4) is 0 Å². The molecule has 1 aliphatic carbocycles. The van der Waals surface area contributed by atoms with Gasteiger partial charge in [-0.05, 0) is 12.8 Å². The fourth-order valence-corrected chi connectivity index (χ4v) is 2.42. The fourth-order valence-electron chi connectivity index (χ4n) is 2.42. The summed E-state index contributed by atoms with van der Waals surface area (Å²) in [6.45, 7) is 0.707. The number of aliphatic carboxylic acids is 1. The van der Waals surface area contributed by atoms with Crippen molar-refractivity contribution in [3.63, 3.8) is 0 Å². The van der Waals surface area contributed by atoms with Crippen LogP contribution in [0, 0.1) is 5.92 Å². The Bertz CT molecular complexity index is 324. The minimum Gasteiger partial charge on any atom is -0.481 e. The number of urea groups is 1. The van der Waals surface area contributed by atoms with Crippen molar-refractivity contribution < 1.29 is 24.2 Å². The maximum Gasteiger partial charge on any atom is 0.315 e. The van der Waals surface area contributed by atoms with Crippen molar-refractivity contribution in [1.29, 1.82) is 0 Å². The largest absolute Gasteiger partial charge is 0.481 e. The topological polar surface area (TPSA) is 96.9 Å². The third kappa shape index (κ3) is 5.34. The molecule has 7 nitrogen and oxygen atoms in total. The third-order valence-corrected chi connectivity index (χ3v) is 3.58. The number of carboxylic acids is 1. The Balaban J connectivity index is 2.38. The predicted octanol–water partition coefficient (Wildman–Crippen LogP) is 0.590. The molecule has 3 unspecified atom stereocenters. The first-order valence-electron chi connectivity index (χ1n) is 6.87. The molecule has 0 radical (unpaired) electrons. The van der Waals surface area contributed by atoms with Crippen LogP contribution >= 0.6 is 0 Å². The lowest BCUT2D eigenvalue weighted by molar-refractivity contribution is -0.143.